The van der Waals surface area contributed by atoms with Crippen molar-refractivity contribution in [3.8, 4) is 0 Å². The highest BCUT2D eigenvalue weighted by Gasteiger charge is 2.10. The summed E-state index contributed by atoms with van der Waals surface area (Å²) in [4.78, 5) is 4.22. The lowest BCUT2D eigenvalue weighted by Gasteiger charge is -2.13. The summed E-state index contributed by atoms with van der Waals surface area (Å²) in [5.74, 6) is 0. The maximum atomic E-state index is 4.56. The molecule has 2 heterocycles. The zero-order valence-electron chi connectivity index (χ0n) is 10.6. The van der Waals surface area contributed by atoms with Gasteiger partial charge >= 0.3 is 0 Å². The van der Waals surface area contributed by atoms with E-state index >= 15 is 0 Å². The summed E-state index contributed by atoms with van der Waals surface area (Å²) in [6, 6.07) is 4.07. The van der Waals surface area contributed by atoms with Crippen molar-refractivity contribution in [1.29, 1.82) is 0 Å². The Bertz CT molecular complexity index is 549. The van der Waals surface area contributed by atoms with E-state index in [2.05, 4.69) is 42.4 Å². The van der Waals surface area contributed by atoms with Crippen molar-refractivity contribution in [2.24, 2.45) is 4.40 Å². The van der Waals surface area contributed by atoms with Gasteiger partial charge in [-0.25, -0.2) is 9.38 Å². The third-order valence-corrected chi connectivity index (χ3v) is 3.18. The minimum Gasteiger partial charge on any atom is -0.306 e. The maximum Gasteiger partial charge on any atom is 0.136 e. The van der Waals surface area contributed by atoms with Crippen molar-refractivity contribution in [2.45, 2.75) is 32.4 Å². The number of imidazole rings is 1. The van der Waals surface area contributed by atoms with E-state index in [9.17, 15) is 0 Å². The lowest BCUT2D eigenvalue weighted by Crippen LogP contribution is -2.06. The largest absolute Gasteiger partial charge is 0.306 e. The SMILES string of the molecule is C/C(=N\SC(C)(C)C)c1ccc2nccn2c1. The minimum atomic E-state index is 0.153. The zero-order valence-corrected chi connectivity index (χ0v) is 11.5. The molecule has 0 unspecified atom stereocenters. The Morgan fingerprint density at radius 2 is 2.12 bits per heavy atom. The van der Waals surface area contributed by atoms with Crippen LogP contribution in [-0.2, 0) is 0 Å². The number of nitrogens with zero attached hydrogens (tertiary/aromatic N) is 3. The molecule has 0 amide bonds. The summed E-state index contributed by atoms with van der Waals surface area (Å²) in [7, 11) is 0. The molecule has 0 aliphatic carbocycles. The quantitative estimate of drug-likeness (QED) is 0.599. The number of hydrogen-bond acceptors (Lipinski definition) is 3. The molecule has 2 aromatic rings. The van der Waals surface area contributed by atoms with Gasteiger partial charge in [0.1, 0.15) is 5.65 Å². The van der Waals surface area contributed by atoms with Crippen molar-refractivity contribution < 1.29 is 0 Å². The van der Waals surface area contributed by atoms with Gasteiger partial charge in [0.2, 0.25) is 0 Å². The fraction of sp³-hybridized carbons (Fsp3) is 0.385. The van der Waals surface area contributed by atoms with Crippen molar-refractivity contribution in [1.82, 2.24) is 9.38 Å². The molecule has 90 valence electrons. The molecule has 4 heteroatoms. The third kappa shape index (κ3) is 3.09. The molecule has 0 fully saturated rings. The van der Waals surface area contributed by atoms with Gasteiger partial charge in [-0.2, -0.15) is 0 Å². The molecule has 17 heavy (non-hydrogen) atoms. The number of rotatable bonds is 2. The summed E-state index contributed by atoms with van der Waals surface area (Å²) in [6.07, 6.45) is 5.81. The lowest BCUT2D eigenvalue weighted by atomic mass is 10.2. The molecule has 0 radical (unpaired) electrons. The van der Waals surface area contributed by atoms with Gasteiger partial charge in [-0.3, -0.25) is 0 Å². The van der Waals surface area contributed by atoms with Crippen LogP contribution in [0.15, 0.2) is 35.1 Å². The van der Waals surface area contributed by atoms with Crippen LogP contribution >= 0.6 is 11.9 Å². The van der Waals surface area contributed by atoms with Crippen LogP contribution in [0.2, 0.25) is 0 Å². The molecule has 0 saturated heterocycles. The van der Waals surface area contributed by atoms with E-state index < -0.39 is 0 Å². The first-order valence-corrected chi connectivity index (χ1v) is 6.39. The van der Waals surface area contributed by atoms with Crippen molar-refractivity contribution in [2.75, 3.05) is 0 Å². The van der Waals surface area contributed by atoms with Crippen LogP contribution in [0, 0.1) is 0 Å². The third-order valence-electron chi connectivity index (χ3n) is 2.26. The second kappa shape index (κ2) is 4.53. The van der Waals surface area contributed by atoms with Gasteiger partial charge in [-0.15, -0.1) is 0 Å². The van der Waals surface area contributed by atoms with E-state index in [0.29, 0.717) is 0 Å². The summed E-state index contributed by atoms with van der Waals surface area (Å²) < 4.78 is 6.72. The number of aromatic nitrogens is 2. The van der Waals surface area contributed by atoms with Crippen molar-refractivity contribution in [3.05, 3.63) is 36.3 Å². The van der Waals surface area contributed by atoms with Crippen LogP contribution < -0.4 is 0 Å². The highest BCUT2D eigenvalue weighted by Crippen LogP contribution is 2.25. The number of pyridine rings is 1. The van der Waals surface area contributed by atoms with E-state index in [1.165, 1.54) is 0 Å². The predicted octanol–water partition coefficient (Wildman–Crippen LogP) is 3.59. The maximum absolute atomic E-state index is 4.56. The second-order valence-corrected chi connectivity index (χ2v) is 6.58. The average Bonchev–Trinajstić information content (AvgIpc) is 2.71. The lowest BCUT2D eigenvalue weighted by molar-refractivity contribution is 0.804. The molecule has 0 aliphatic rings. The van der Waals surface area contributed by atoms with Gasteiger partial charge in [0, 0.05) is 28.9 Å². The van der Waals surface area contributed by atoms with Crippen LogP contribution in [0.5, 0.6) is 0 Å². The zero-order chi connectivity index (χ0) is 12.5. The van der Waals surface area contributed by atoms with Gasteiger partial charge < -0.3 is 4.40 Å². The van der Waals surface area contributed by atoms with Crippen LogP contribution in [0.25, 0.3) is 5.65 Å². The summed E-state index contributed by atoms with van der Waals surface area (Å²) >= 11 is 1.61. The molecule has 0 bridgehead atoms. The molecule has 3 nitrogen and oxygen atoms in total. The highest BCUT2D eigenvalue weighted by molar-refractivity contribution is 7.99. The molecular formula is C13H17N3S. The number of hydrogen-bond donors (Lipinski definition) is 0. The predicted molar refractivity (Wildman–Crippen MR) is 74.7 cm³/mol. The van der Waals surface area contributed by atoms with E-state index in [4.69, 9.17) is 0 Å². The first kappa shape index (κ1) is 12.2. The van der Waals surface area contributed by atoms with Gasteiger partial charge in [-0.05, 0) is 51.8 Å². The monoisotopic (exact) mass is 247 g/mol. The van der Waals surface area contributed by atoms with E-state index in [0.717, 1.165) is 16.9 Å². The Morgan fingerprint density at radius 3 is 2.82 bits per heavy atom. The van der Waals surface area contributed by atoms with Gasteiger partial charge in [-0.1, -0.05) is 0 Å². The molecule has 0 atom stereocenters. The fourth-order valence-electron chi connectivity index (χ4n) is 1.39. The molecule has 0 N–H and O–H groups in total. The molecule has 2 rings (SSSR count). The van der Waals surface area contributed by atoms with Gasteiger partial charge in [0.05, 0.1) is 5.71 Å². The average molecular weight is 247 g/mol. The standard InChI is InChI=1S/C13H17N3S/c1-10(15-17-13(2,3)4)11-5-6-12-14-7-8-16(12)9-11/h5-9H,1-4H3/b15-10+. The summed E-state index contributed by atoms with van der Waals surface area (Å²) in [6.45, 7) is 8.52. The Balaban J connectivity index is 2.26. The van der Waals surface area contributed by atoms with Gasteiger partial charge in [0.15, 0.2) is 0 Å². The summed E-state index contributed by atoms with van der Waals surface area (Å²) in [5, 5.41) is 0. The Kier molecular flexibility index (Phi) is 3.24. The normalized spacial score (nSPS) is 13.3. The van der Waals surface area contributed by atoms with E-state index in [1.54, 1.807) is 18.1 Å². The molecule has 0 aliphatic heterocycles. The molecule has 2 aromatic heterocycles. The topological polar surface area (TPSA) is 29.7 Å². The Labute approximate surface area is 106 Å². The molecule has 0 spiro atoms. The molecular weight excluding hydrogens is 230 g/mol. The summed E-state index contributed by atoms with van der Waals surface area (Å²) in [5.41, 5.74) is 3.14. The van der Waals surface area contributed by atoms with Crippen LogP contribution in [-0.4, -0.2) is 19.8 Å². The van der Waals surface area contributed by atoms with E-state index in [1.807, 2.05) is 23.6 Å². The van der Waals surface area contributed by atoms with E-state index in [-0.39, 0.29) is 4.75 Å². The van der Waals surface area contributed by atoms with Gasteiger partial charge in [0.25, 0.3) is 0 Å². The minimum absolute atomic E-state index is 0.153. The van der Waals surface area contributed by atoms with Crippen molar-refractivity contribution in [3.63, 3.8) is 0 Å². The number of fused-ring (bicyclic) bond motifs is 1. The van der Waals surface area contributed by atoms with Crippen LogP contribution in [0.4, 0.5) is 0 Å². The first-order chi connectivity index (χ1) is 7.96. The van der Waals surface area contributed by atoms with Crippen LogP contribution in [0.3, 0.4) is 0 Å². The second-order valence-electron chi connectivity index (χ2n) is 4.99. The molecule has 0 aromatic carbocycles. The Hall–Kier alpha value is -1.29. The smallest absolute Gasteiger partial charge is 0.136 e. The first-order valence-electron chi connectivity index (χ1n) is 5.61. The van der Waals surface area contributed by atoms with Crippen molar-refractivity contribution >= 4 is 23.3 Å². The fourth-order valence-corrected chi connectivity index (χ4v) is 1.91. The van der Waals surface area contributed by atoms with Crippen LogP contribution in [0.1, 0.15) is 33.3 Å². The Morgan fingerprint density at radius 1 is 1.35 bits per heavy atom. The molecule has 0 saturated carbocycles. The highest BCUT2D eigenvalue weighted by atomic mass is 32.2.